The number of nitrogens with zero attached hydrogens (tertiary/aromatic N) is 1. The molecular weight excluding hydrogens is 394 g/mol. The third kappa shape index (κ3) is 4.30. The van der Waals surface area contributed by atoms with Crippen molar-refractivity contribution in [2.75, 3.05) is 19.3 Å². The lowest BCUT2D eigenvalue weighted by Gasteiger charge is -2.28. The fourth-order valence-corrected chi connectivity index (χ4v) is 4.54. The van der Waals surface area contributed by atoms with Gasteiger partial charge in [0.2, 0.25) is 5.91 Å². The second-order valence-corrected chi connectivity index (χ2v) is 8.88. The van der Waals surface area contributed by atoms with E-state index in [1.807, 2.05) is 38.3 Å². The fraction of sp³-hybridized carbons (Fsp3) is 0.333. The van der Waals surface area contributed by atoms with E-state index in [1.54, 1.807) is 11.8 Å². The summed E-state index contributed by atoms with van der Waals surface area (Å²) in [5.74, 6) is -0.0173. The highest BCUT2D eigenvalue weighted by Crippen LogP contribution is 2.21. The van der Waals surface area contributed by atoms with E-state index in [2.05, 4.69) is 33.4 Å². The van der Waals surface area contributed by atoms with Gasteiger partial charge >= 0.3 is 0 Å². The van der Waals surface area contributed by atoms with Crippen molar-refractivity contribution < 1.29 is 4.79 Å². The topological polar surface area (TPSA) is 65.2 Å². The molecule has 0 spiro atoms. The van der Waals surface area contributed by atoms with Gasteiger partial charge in [-0.25, -0.2) is 0 Å². The molecule has 2 N–H and O–H groups in total. The van der Waals surface area contributed by atoms with Crippen LogP contribution >= 0.6 is 11.8 Å². The number of carbonyl (C=O) groups excluding carboxylic acids is 1. The summed E-state index contributed by atoms with van der Waals surface area (Å²) in [5, 5.41) is 3.74. The zero-order valence-corrected chi connectivity index (χ0v) is 18.5. The van der Waals surface area contributed by atoms with Crippen molar-refractivity contribution in [1.29, 1.82) is 0 Å². The predicted molar refractivity (Wildman–Crippen MR) is 123 cm³/mol. The quantitative estimate of drug-likeness (QED) is 0.619. The van der Waals surface area contributed by atoms with Crippen molar-refractivity contribution in [2.24, 2.45) is 0 Å². The summed E-state index contributed by atoms with van der Waals surface area (Å²) in [6.45, 7) is 6.12. The highest BCUT2D eigenvalue weighted by molar-refractivity contribution is 7.98. The van der Waals surface area contributed by atoms with Crippen LogP contribution in [0.5, 0.6) is 0 Å². The highest BCUT2D eigenvalue weighted by Gasteiger charge is 2.23. The van der Waals surface area contributed by atoms with E-state index < -0.39 is 0 Å². The van der Waals surface area contributed by atoms with Gasteiger partial charge in [0.25, 0.3) is 0 Å². The van der Waals surface area contributed by atoms with Crippen LogP contribution in [0.25, 0.3) is 10.9 Å². The third-order valence-electron chi connectivity index (χ3n) is 5.71. The van der Waals surface area contributed by atoms with Crippen molar-refractivity contribution in [3.63, 3.8) is 0 Å². The lowest BCUT2D eigenvalue weighted by molar-refractivity contribution is -0.122. The maximum Gasteiger partial charge on any atom is 0.234 e. The van der Waals surface area contributed by atoms with Crippen LogP contribution in [0.3, 0.4) is 0 Å². The van der Waals surface area contributed by atoms with Crippen molar-refractivity contribution >= 4 is 28.6 Å². The number of benzene rings is 2. The molecule has 0 unspecified atom stereocenters. The predicted octanol–water partition coefficient (Wildman–Crippen LogP) is 3.54. The number of H-pyrrole nitrogens is 1. The number of thioether (sulfide) groups is 1. The Balaban J connectivity index is 1.44. The molecule has 1 aliphatic rings. The van der Waals surface area contributed by atoms with Crippen LogP contribution in [0, 0.1) is 13.8 Å². The molecule has 0 fully saturated rings. The molecule has 0 radical (unpaired) electrons. The van der Waals surface area contributed by atoms with E-state index in [0.29, 0.717) is 19.6 Å². The summed E-state index contributed by atoms with van der Waals surface area (Å²) in [6.07, 6.45) is 2.79. The number of nitrogens with one attached hydrogen (secondary N) is 2. The van der Waals surface area contributed by atoms with Gasteiger partial charge in [-0.05, 0) is 55.0 Å². The Morgan fingerprint density at radius 3 is 2.70 bits per heavy atom. The maximum absolute atomic E-state index is 13.1. The van der Waals surface area contributed by atoms with Crippen LogP contribution < -0.4 is 10.7 Å². The summed E-state index contributed by atoms with van der Waals surface area (Å²) < 4.78 is 0. The Labute approximate surface area is 180 Å². The first-order chi connectivity index (χ1) is 14.4. The number of hydrogen-bond donors (Lipinski definition) is 2. The van der Waals surface area contributed by atoms with E-state index in [0.717, 1.165) is 51.8 Å². The summed E-state index contributed by atoms with van der Waals surface area (Å²) >= 11 is 1.70. The Bertz CT molecular complexity index is 1150. The third-order valence-corrected chi connectivity index (χ3v) is 6.46. The van der Waals surface area contributed by atoms with Crippen LogP contribution in [0.15, 0.2) is 46.1 Å². The molecule has 156 valence electrons. The summed E-state index contributed by atoms with van der Waals surface area (Å²) in [5.41, 5.74) is 6.08. The van der Waals surface area contributed by atoms with Crippen molar-refractivity contribution in [3.05, 3.63) is 74.6 Å². The van der Waals surface area contributed by atoms with Crippen LogP contribution in [0.2, 0.25) is 0 Å². The number of aromatic nitrogens is 1. The van der Waals surface area contributed by atoms with E-state index in [1.165, 1.54) is 4.90 Å². The van der Waals surface area contributed by atoms with Gasteiger partial charge in [-0.1, -0.05) is 18.2 Å². The molecule has 2 heterocycles. The van der Waals surface area contributed by atoms with E-state index in [9.17, 15) is 9.59 Å². The molecule has 3 aromatic rings. The number of fused-ring (bicyclic) bond motifs is 2. The second-order valence-electron chi connectivity index (χ2n) is 8.00. The van der Waals surface area contributed by atoms with Gasteiger partial charge < -0.3 is 10.3 Å². The van der Waals surface area contributed by atoms with Crippen molar-refractivity contribution in [2.45, 2.75) is 38.3 Å². The summed E-state index contributed by atoms with van der Waals surface area (Å²) in [6, 6.07) is 12.3. The minimum absolute atomic E-state index is 0.0173. The molecule has 1 aliphatic heterocycles. The van der Waals surface area contributed by atoms with Crippen LogP contribution in [-0.4, -0.2) is 35.1 Å². The molecule has 1 amide bonds. The lowest BCUT2D eigenvalue weighted by atomic mass is 9.99. The van der Waals surface area contributed by atoms with Gasteiger partial charge in [0, 0.05) is 47.6 Å². The number of aromatic amines is 1. The molecule has 0 saturated heterocycles. The Hall–Kier alpha value is -2.57. The molecule has 0 bridgehead atoms. The van der Waals surface area contributed by atoms with Crippen LogP contribution in [0.4, 0.5) is 0 Å². The van der Waals surface area contributed by atoms with Crippen molar-refractivity contribution in [3.8, 4) is 0 Å². The molecule has 0 aliphatic carbocycles. The molecule has 5 nitrogen and oxygen atoms in total. The Kier molecular flexibility index (Phi) is 5.97. The largest absolute Gasteiger partial charge is 0.358 e. The first-order valence-electron chi connectivity index (χ1n) is 10.2. The SMILES string of the molecule is CSc1ccc(CNC(=O)CN2CCc3[nH]c4c(C)cc(C)cc4c(=O)c3C2)cc1. The molecule has 30 heavy (non-hydrogen) atoms. The first-order valence-corrected chi connectivity index (χ1v) is 11.4. The molecule has 0 saturated carbocycles. The monoisotopic (exact) mass is 421 g/mol. The fourth-order valence-electron chi connectivity index (χ4n) is 4.13. The van der Waals surface area contributed by atoms with Crippen molar-refractivity contribution in [1.82, 2.24) is 15.2 Å². The normalized spacial score (nSPS) is 14.0. The van der Waals surface area contributed by atoms with Gasteiger partial charge in [-0.2, -0.15) is 0 Å². The van der Waals surface area contributed by atoms with Gasteiger partial charge in [0.05, 0.1) is 12.1 Å². The number of amides is 1. The maximum atomic E-state index is 13.1. The molecule has 4 rings (SSSR count). The average molecular weight is 422 g/mol. The van der Waals surface area contributed by atoms with E-state index in [-0.39, 0.29) is 11.3 Å². The minimum atomic E-state index is -0.0173. The van der Waals surface area contributed by atoms with Crippen LogP contribution in [0.1, 0.15) is 27.9 Å². The second kappa shape index (κ2) is 8.66. The van der Waals surface area contributed by atoms with Gasteiger partial charge in [0.15, 0.2) is 5.43 Å². The smallest absolute Gasteiger partial charge is 0.234 e. The number of pyridine rings is 1. The first kappa shape index (κ1) is 20.7. The zero-order chi connectivity index (χ0) is 21.3. The summed E-state index contributed by atoms with van der Waals surface area (Å²) in [7, 11) is 0. The molecule has 2 aromatic carbocycles. The Morgan fingerprint density at radius 1 is 1.20 bits per heavy atom. The molecule has 0 atom stereocenters. The molecule has 1 aromatic heterocycles. The number of aryl methyl sites for hydroxylation is 2. The number of carbonyl (C=O) groups is 1. The standard InChI is InChI=1S/C24H27N3O2S/c1-15-10-16(2)23-19(11-15)24(29)20-13-27(9-8-21(20)26-23)14-22(28)25-12-17-4-6-18(30-3)7-5-17/h4-7,10-11H,8-9,12-14H2,1-3H3,(H,25,28)(H,26,29). The van der Waals surface area contributed by atoms with E-state index >= 15 is 0 Å². The number of rotatable bonds is 5. The zero-order valence-electron chi connectivity index (χ0n) is 17.7. The Morgan fingerprint density at radius 2 is 1.97 bits per heavy atom. The van der Waals surface area contributed by atoms with Gasteiger partial charge in [-0.3, -0.25) is 14.5 Å². The van der Waals surface area contributed by atoms with Gasteiger partial charge in [0.1, 0.15) is 0 Å². The summed E-state index contributed by atoms with van der Waals surface area (Å²) in [4.78, 5) is 32.3. The number of hydrogen-bond acceptors (Lipinski definition) is 4. The molecule has 6 heteroatoms. The molecular formula is C24H27N3O2S. The average Bonchev–Trinajstić information content (AvgIpc) is 2.74. The lowest BCUT2D eigenvalue weighted by Crippen LogP contribution is -2.41. The minimum Gasteiger partial charge on any atom is -0.358 e. The highest BCUT2D eigenvalue weighted by atomic mass is 32.2. The van der Waals surface area contributed by atoms with E-state index in [4.69, 9.17) is 0 Å². The van der Waals surface area contributed by atoms with Crippen LogP contribution in [-0.2, 0) is 24.3 Å². The van der Waals surface area contributed by atoms with Gasteiger partial charge in [-0.15, -0.1) is 11.8 Å².